The van der Waals surface area contributed by atoms with Gasteiger partial charge in [0.15, 0.2) is 12.4 Å². The number of rotatable bonds is 6. The van der Waals surface area contributed by atoms with Crippen molar-refractivity contribution >= 4 is 12.2 Å². The maximum absolute atomic E-state index is 10.5. The average Bonchev–Trinajstić information content (AvgIpc) is 3.08. The van der Waals surface area contributed by atoms with Crippen LogP contribution in [-0.4, -0.2) is 38.8 Å². The molecule has 0 unspecified atom stereocenters. The van der Waals surface area contributed by atoms with E-state index in [0.29, 0.717) is 11.6 Å². The van der Waals surface area contributed by atoms with E-state index in [-0.39, 0.29) is 6.61 Å². The maximum Gasteiger partial charge on any atom is 0.341 e. The van der Waals surface area contributed by atoms with Crippen molar-refractivity contribution in [2.75, 3.05) is 6.61 Å². The van der Waals surface area contributed by atoms with Crippen molar-refractivity contribution in [2.45, 2.75) is 0 Å². The van der Waals surface area contributed by atoms with E-state index < -0.39 is 5.97 Å². The zero-order chi connectivity index (χ0) is 16.8. The number of nitrogens with zero attached hydrogens (tertiary/aromatic N) is 4. The zero-order valence-corrected chi connectivity index (χ0v) is 12.6. The van der Waals surface area contributed by atoms with Crippen LogP contribution >= 0.6 is 0 Å². The lowest BCUT2D eigenvalue weighted by Gasteiger charge is -2.03. The van der Waals surface area contributed by atoms with Gasteiger partial charge < -0.3 is 9.84 Å². The third-order valence-electron chi connectivity index (χ3n) is 3.14. The van der Waals surface area contributed by atoms with E-state index in [4.69, 9.17) is 9.84 Å². The molecule has 0 saturated carbocycles. The summed E-state index contributed by atoms with van der Waals surface area (Å²) < 4.78 is 6.67. The number of ether oxygens (including phenoxy) is 1. The van der Waals surface area contributed by atoms with Crippen LogP contribution in [0.4, 0.5) is 0 Å². The summed E-state index contributed by atoms with van der Waals surface area (Å²) >= 11 is 0. The van der Waals surface area contributed by atoms with E-state index in [9.17, 15) is 4.79 Å². The number of hydrogen-bond acceptors (Lipinski definition) is 5. The summed E-state index contributed by atoms with van der Waals surface area (Å²) in [7, 11) is 0. The molecule has 0 aliphatic rings. The highest BCUT2D eigenvalue weighted by molar-refractivity contribution is 5.79. The highest BCUT2D eigenvalue weighted by Gasteiger charge is 2.05. The lowest BCUT2D eigenvalue weighted by molar-refractivity contribution is -0.139. The van der Waals surface area contributed by atoms with Crippen LogP contribution in [-0.2, 0) is 4.79 Å². The van der Waals surface area contributed by atoms with Gasteiger partial charge in [-0.25, -0.2) is 4.79 Å². The van der Waals surface area contributed by atoms with Crippen molar-refractivity contribution in [3.8, 4) is 17.1 Å². The molecule has 0 fully saturated rings. The summed E-state index contributed by atoms with van der Waals surface area (Å²) in [5.74, 6) is 0.124. The van der Waals surface area contributed by atoms with Crippen molar-refractivity contribution in [1.82, 2.24) is 14.9 Å². The number of aliphatic carboxylic acids is 1. The van der Waals surface area contributed by atoms with Crippen LogP contribution in [0.25, 0.3) is 11.4 Å². The molecular formula is C17H14N4O3. The molecule has 2 aromatic carbocycles. The zero-order valence-electron chi connectivity index (χ0n) is 12.6. The highest BCUT2D eigenvalue weighted by atomic mass is 16.5. The van der Waals surface area contributed by atoms with Crippen LogP contribution in [0.3, 0.4) is 0 Å². The summed E-state index contributed by atoms with van der Waals surface area (Å²) in [6.45, 7) is -0.366. The van der Waals surface area contributed by atoms with E-state index in [1.165, 1.54) is 6.33 Å². The van der Waals surface area contributed by atoms with E-state index in [0.717, 1.165) is 11.1 Å². The normalized spacial score (nSPS) is 10.8. The van der Waals surface area contributed by atoms with Gasteiger partial charge in [0, 0.05) is 5.56 Å². The molecule has 1 N–H and O–H groups in total. The Morgan fingerprint density at radius 3 is 2.62 bits per heavy atom. The van der Waals surface area contributed by atoms with Crippen molar-refractivity contribution in [2.24, 2.45) is 5.10 Å². The first-order valence-corrected chi connectivity index (χ1v) is 7.17. The quantitative estimate of drug-likeness (QED) is 0.703. The van der Waals surface area contributed by atoms with E-state index in [1.54, 1.807) is 35.2 Å². The standard InChI is InChI=1S/C17H14N4O3/c22-16(23)11-24-15-8-6-13(7-9-15)10-19-21-12-18-20-17(21)14-4-2-1-3-5-14/h1-10,12H,11H2,(H,22,23)/b19-10-. The minimum atomic E-state index is -1.01. The summed E-state index contributed by atoms with van der Waals surface area (Å²) in [5.41, 5.74) is 1.76. The van der Waals surface area contributed by atoms with Crippen LogP contribution < -0.4 is 4.74 Å². The van der Waals surface area contributed by atoms with Gasteiger partial charge in [-0.1, -0.05) is 30.3 Å². The van der Waals surface area contributed by atoms with Crippen molar-refractivity contribution in [3.63, 3.8) is 0 Å². The van der Waals surface area contributed by atoms with E-state index in [2.05, 4.69) is 15.3 Å². The second kappa shape index (κ2) is 7.19. The van der Waals surface area contributed by atoms with Gasteiger partial charge >= 0.3 is 5.97 Å². The fraction of sp³-hybridized carbons (Fsp3) is 0.0588. The van der Waals surface area contributed by atoms with Gasteiger partial charge in [-0.2, -0.15) is 9.78 Å². The van der Waals surface area contributed by atoms with Gasteiger partial charge in [0.05, 0.1) is 6.21 Å². The molecule has 120 valence electrons. The fourth-order valence-electron chi connectivity index (χ4n) is 2.02. The Bertz CT molecular complexity index is 842. The van der Waals surface area contributed by atoms with Gasteiger partial charge in [-0.3, -0.25) is 0 Å². The van der Waals surface area contributed by atoms with E-state index >= 15 is 0 Å². The van der Waals surface area contributed by atoms with Crippen LogP contribution in [0.1, 0.15) is 5.56 Å². The molecule has 0 amide bonds. The molecule has 3 rings (SSSR count). The van der Waals surface area contributed by atoms with Crippen LogP contribution in [0.15, 0.2) is 66.0 Å². The molecule has 0 atom stereocenters. The summed E-state index contributed by atoms with van der Waals surface area (Å²) in [6.07, 6.45) is 3.19. The monoisotopic (exact) mass is 322 g/mol. The second-order valence-electron chi connectivity index (χ2n) is 4.86. The first kappa shape index (κ1) is 15.4. The summed E-state index contributed by atoms with van der Waals surface area (Å²) in [6, 6.07) is 16.6. The van der Waals surface area contributed by atoms with Gasteiger partial charge in [-0.15, -0.1) is 10.2 Å². The Hall–Kier alpha value is -3.48. The largest absolute Gasteiger partial charge is 0.482 e. The molecule has 7 heteroatoms. The maximum atomic E-state index is 10.5. The molecule has 24 heavy (non-hydrogen) atoms. The van der Waals surface area contributed by atoms with Gasteiger partial charge in [0.1, 0.15) is 12.1 Å². The first-order valence-electron chi connectivity index (χ1n) is 7.17. The van der Waals surface area contributed by atoms with Crippen molar-refractivity contribution in [1.29, 1.82) is 0 Å². The van der Waals surface area contributed by atoms with Crippen molar-refractivity contribution in [3.05, 3.63) is 66.5 Å². The van der Waals surface area contributed by atoms with Gasteiger partial charge in [0.25, 0.3) is 0 Å². The average molecular weight is 322 g/mol. The Morgan fingerprint density at radius 1 is 1.17 bits per heavy atom. The predicted molar refractivity (Wildman–Crippen MR) is 88.0 cm³/mol. The first-order chi connectivity index (χ1) is 11.7. The molecule has 0 aliphatic carbocycles. The number of carbonyl (C=O) groups is 1. The number of carboxylic acid groups (broad SMARTS) is 1. The molecule has 3 aromatic rings. The predicted octanol–water partition coefficient (Wildman–Crippen LogP) is 2.29. The minimum absolute atomic E-state index is 0.366. The number of hydrogen-bond donors (Lipinski definition) is 1. The lowest BCUT2D eigenvalue weighted by Crippen LogP contribution is -2.09. The molecule has 1 heterocycles. The number of aromatic nitrogens is 3. The minimum Gasteiger partial charge on any atom is -0.482 e. The van der Waals surface area contributed by atoms with Crippen molar-refractivity contribution < 1.29 is 14.6 Å². The molecule has 1 aromatic heterocycles. The topological polar surface area (TPSA) is 89.6 Å². The van der Waals surface area contributed by atoms with E-state index in [1.807, 2.05) is 30.3 Å². The van der Waals surface area contributed by atoms with Crippen LogP contribution in [0.2, 0.25) is 0 Å². The highest BCUT2D eigenvalue weighted by Crippen LogP contribution is 2.16. The Labute approximate surface area is 137 Å². The smallest absolute Gasteiger partial charge is 0.341 e. The molecule has 0 spiro atoms. The van der Waals surface area contributed by atoms with Crippen LogP contribution in [0.5, 0.6) is 5.75 Å². The molecule has 7 nitrogen and oxygen atoms in total. The van der Waals surface area contributed by atoms with Crippen LogP contribution in [0, 0.1) is 0 Å². The fourth-order valence-corrected chi connectivity index (χ4v) is 2.02. The summed E-state index contributed by atoms with van der Waals surface area (Å²) in [5, 5.41) is 20.9. The Balaban J connectivity index is 1.73. The SMILES string of the molecule is O=C(O)COc1ccc(/C=N\n2cnnc2-c2ccccc2)cc1. The lowest BCUT2D eigenvalue weighted by atomic mass is 10.2. The molecule has 0 bridgehead atoms. The van der Waals surface area contributed by atoms with Gasteiger partial charge in [-0.05, 0) is 29.8 Å². The van der Waals surface area contributed by atoms with Gasteiger partial charge in [0.2, 0.25) is 0 Å². The second-order valence-corrected chi connectivity index (χ2v) is 4.86. The summed E-state index contributed by atoms with van der Waals surface area (Å²) in [4.78, 5) is 10.5. The number of carboxylic acids is 1. The molecule has 0 radical (unpaired) electrons. The third-order valence-corrected chi connectivity index (χ3v) is 3.14. The number of benzene rings is 2. The molecular weight excluding hydrogens is 308 g/mol. The molecule has 0 saturated heterocycles. The Morgan fingerprint density at radius 2 is 1.92 bits per heavy atom. The molecule has 0 aliphatic heterocycles. The Kier molecular flexibility index (Phi) is 4.62. The third kappa shape index (κ3) is 3.83.